The Morgan fingerprint density at radius 2 is 1.45 bits per heavy atom. The van der Waals surface area contributed by atoms with Gasteiger partial charge in [-0.3, -0.25) is 0 Å². The maximum absolute atomic E-state index is 8.55. The van der Waals surface area contributed by atoms with Crippen molar-refractivity contribution in [2.45, 2.75) is 79.2 Å². The van der Waals surface area contributed by atoms with Crippen molar-refractivity contribution in [2.75, 3.05) is 48.1 Å². The predicted octanol–water partition coefficient (Wildman–Crippen LogP) is 6.83. The first-order valence-electron chi connectivity index (χ1n) is 14.6. The van der Waals surface area contributed by atoms with E-state index in [9.17, 15) is 0 Å². The van der Waals surface area contributed by atoms with Crippen LogP contribution >= 0.6 is 0 Å². The normalized spacial score (nSPS) is 11.1. The molecule has 0 saturated carbocycles. The highest BCUT2D eigenvalue weighted by Gasteiger charge is 2.13. The van der Waals surface area contributed by atoms with Crippen molar-refractivity contribution in [2.24, 2.45) is 0 Å². The first-order chi connectivity index (χ1) is 19.4. The zero-order chi connectivity index (χ0) is 30.2. The van der Waals surface area contributed by atoms with E-state index in [-0.39, 0.29) is 0 Å². The van der Waals surface area contributed by atoms with Gasteiger partial charge in [-0.25, -0.2) is 0 Å². The highest BCUT2D eigenvalue weighted by molar-refractivity contribution is 5.48. The molecular formula is C33H56N2O5. The third-order valence-electron chi connectivity index (χ3n) is 6.17. The first kappa shape index (κ1) is 37.1. The number of hydrogen-bond donors (Lipinski definition) is 3. The van der Waals surface area contributed by atoms with Gasteiger partial charge in [-0.1, -0.05) is 39.8 Å². The Hall–Kier alpha value is -2.90. The standard InChI is InChI=1S/C11H15NO2.C11H23NO.C9H12O2.C2H6/c1-13-10-5-8-3-4-12-7-9(8)6-11(10)14-2;1-3-4-8-11(2)12-9-6-5-7-10-13;1-7-4-5-8(10-2)9(6-7)11-3;1-2/h5-6,12H,3-4,7H2,1-2H3;12-13H,2-10H2,1H3;4-6H,1-3H3;1-2H3. The van der Waals surface area contributed by atoms with Crippen LogP contribution in [-0.4, -0.2) is 53.2 Å². The molecule has 7 heteroatoms. The minimum atomic E-state index is 0.316. The molecule has 2 aromatic rings. The average molecular weight is 561 g/mol. The van der Waals surface area contributed by atoms with Gasteiger partial charge in [0.1, 0.15) is 0 Å². The van der Waals surface area contributed by atoms with Crippen molar-refractivity contribution in [1.82, 2.24) is 10.6 Å². The lowest BCUT2D eigenvalue weighted by atomic mass is 10.0. The number of methoxy groups -OCH3 is 4. The van der Waals surface area contributed by atoms with Crippen molar-refractivity contribution in [3.8, 4) is 23.0 Å². The van der Waals surface area contributed by atoms with Gasteiger partial charge in [0.2, 0.25) is 0 Å². The zero-order valence-corrected chi connectivity index (χ0v) is 26.5. The number of nitrogens with one attached hydrogen (secondary N) is 2. The Morgan fingerprint density at radius 3 is 2.02 bits per heavy atom. The van der Waals surface area contributed by atoms with Gasteiger partial charge in [-0.05, 0) is 92.9 Å². The van der Waals surface area contributed by atoms with Crippen molar-refractivity contribution in [3.63, 3.8) is 0 Å². The maximum atomic E-state index is 8.55. The molecule has 0 fully saturated rings. The SMILES string of the molecule is C=C(CCCC)NCCCCCO.CC.COc1cc2c(cc1OC)CNCC2.COc1ccc(C)cc1OC. The van der Waals surface area contributed by atoms with Gasteiger partial charge in [0.25, 0.3) is 0 Å². The van der Waals surface area contributed by atoms with Crippen LogP contribution in [0.15, 0.2) is 42.6 Å². The number of aliphatic hydroxyl groups excluding tert-OH is 1. The van der Waals surface area contributed by atoms with E-state index in [1.807, 2.05) is 39.0 Å². The van der Waals surface area contributed by atoms with Crippen LogP contribution in [0.5, 0.6) is 23.0 Å². The van der Waals surface area contributed by atoms with Crippen LogP contribution in [-0.2, 0) is 13.0 Å². The number of aliphatic hydroxyl groups is 1. The van der Waals surface area contributed by atoms with Gasteiger partial charge < -0.3 is 34.7 Å². The highest BCUT2D eigenvalue weighted by atomic mass is 16.5. The van der Waals surface area contributed by atoms with Crippen LogP contribution in [0.1, 0.15) is 76.0 Å². The van der Waals surface area contributed by atoms with Crippen LogP contribution in [0.2, 0.25) is 0 Å². The molecule has 0 radical (unpaired) electrons. The zero-order valence-electron chi connectivity index (χ0n) is 26.5. The fourth-order valence-electron chi connectivity index (χ4n) is 3.91. The molecule has 2 aromatic carbocycles. The number of unbranched alkanes of at least 4 members (excludes halogenated alkanes) is 3. The third kappa shape index (κ3) is 15.0. The fraction of sp³-hybridized carbons (Fsp3) is 0.576. The Bertz CT molecular complexity index is 889. The molecule has 0 saturated heterocycles. The predicted molar refractivity (Wildman–Crippen MR) is 168 cm³/mol. The molecule has 0 bridgehead atoms. The van der Waals surface area contributed by atoms with Crippen molar-refractivity contribution < 1.29 is 24.1 Å². The minimum Gasteiger partial charge on any atom is -0.493 e. The number of rotatable bonds is 13. The molecule has 1 aliphatic heterocycles. The van der Waals surface area contributed by atoms with E-state index in [2.05, 4.69) is 36.3 Å². The van der Waals surface area contributed by atoms with Gasteiger partial charge in [0.05, 0.1) is 28.4 Å². The van der Waals surface area contributed by atoms with Crippen LogP contribution in [0.3, 0.4) is 0 Å². The molecule has 1 heterocycles. The Labute approximate surface area is 244 Å². The fourth-order valence-corrected chi connectivity index (χ4v) is 3.91. The lowest BCUT2D eigenvalue weighted by molar-refractivity contribution is 0.283. The molecule has 3 rings (SSSR count). The molecule has 228 valence electrons. The Kier molecular flexibility index (Phi) is 22.2. The lowest BCUT2D eigenvalue weighted by Gasteiger charge is -2.19. The largest absolute Gasteiger partial charge is 0.493 e. The summed E-state index contributed by atoms with van der Waals surface area (Å²) in [5.41, 5.74) is 5.00. The van der Waals surface area contributed by atoms with E-state index < -0.39 is 0 Å². The van der Waals surface area contributed by atoms with Gasteiger partial charge >= 0.3 is 0 Å². The van der Waals surface area contributed by atoms with E-state index >= 15 is 0 Å². The van der Waals surface area contributed by atoms with E-state index in [0.29, 0.717) is 6.61 Å². The lowest BCUT2D eigenvalue weighted by Crippen LogP contribution is -2.23. The summed E-state index contributed by atoms with van der Waals surface area (Å²) < 4.78 is 20.7. The van der Waals surface area contributed by atoms with Crippen molar-refractivity contribution in [3.05, 3.63) is 59.3 Å². The quantitative estimate of drug-likeness (QED) is 0.232. The maximum Gasteiger partial charge on any atom is 0.161 e. The van der Waals surface area contributed by atoms with Gasteiger partial charge in [0.15, 0.2) is 23.0 Å². The van der Waals surface area contributed by atoms with Crippen LogP contribution < -0.4 is 29.6 Å². The van der Waals surface area contributed by atoms with Crippen molar-refractivity contribution in [1.29, 1.82) is 0 Å². The summed E-state index contributed by atoms with van der Waals surface area (Å²) in [6.07, 6.45) is 7.76. The molecule has 0 aliphatic carbocycles. The van der Waals surface area contributed by atoms with Gasteiger partial charge in [-0.2, -0.15) is 0 Å². The Morgan fingerprint density at radius 1 is 0.850 bits per heavy atom. The number of benzene rings is 2. The molecule has 1 aliphatic rings. The number of allylic oxidation sites excluding steroid dienone is 1. The number of hydrogen-bond acceptors (Lipinski definition) is 7. The summed E-state index contributed by atoms with van der Waals surface area (Å²) in [5.74, 6) is 3.20. The molecular weight excluding hydrogens is 504 g/mol. The smallest absolute Gasteiger partial charge is 0.161 e. The number of fused-ring (bicyclic) bond motifs is 1. The van der Waals surface area contributed by atoms with E-state index in [1.165, 1.54) is 29.5 Å². The van der Waals surface area contributed by atoms with Crippen LogP contribution in [0.4, 0.5) is 0 Å². The van der Waals surface area contributed by atoms with Crippen molar-refractivity contribution >= 4 is 0 Å². The summed E-state index contributed by atoms with van der Waals surface area (Å²) in [4.78, 5) is 0. The summed E-state index contributed by atoms with van der Waals surface area (Å²) in [5, 5.41) is 15.2. The molecule has 0 aromatic heterocycles. The summed E-state index contributed by atoms with van der Waals surface area (Å²) >= 11 is 0. The molecule has 40 heavy (non-hydrogen) atoms. The topological polar surface area (TPSA) is 81.2 Å². The summed E-state index contributed by atoms with van der Waals surface area (Å²) in [6.45, 7) is 15.4. The Balaban J connectivity index is 0.000000557. The average Bonchev–Trinajstić information content (AvgIpc) is 3.00. The minimum absolute atomic E-state index is 0.316. The van der Waals surface area contributed by atoms with Gasteiger partial charge in [-0.15, -0.1) is 0 Å². The second kappa shape index (κ2) is 23.9. The van der Waals surface area contributed by atoms with E-state index in [1.54, 1.807) is 28.4 Å². The second-order valence-corrected chi connectivity index (χ2v) is 9.18. The monoisotopic (exact) mass is 560 g/mol. The van der Waals surface area contributed by atoms with Crippen LogP contribution in [0, 0.1) is 6.92 Å². The molecule has 0 spiro atoms. The number of ether oxygens (including phenoxy) is 4. The third-order valence-corrected chi connectivity index (χ3v) is 6.17. The molecule has 0 amide bonds. The van der Waals surface area contributed by atoms with Crippen LogP contribution in [0.25, 0.3) is 0 Å². The first-order valence-corrected chi connectivity index (χ1v) is 14.6. The molecule has 0 unspecified atom stereocenters. The summed E-state index contributed by atoms with van der Waals surface area (Å²) in [6, 6.07) is 9.96. The second-order valence-electron chi connectivity index (χ2n) is 9.18. The van der Waals surface area contributed by atoms with E-state index in [4.69, 9.17) is 24.1 Å². The molecule has 3 N–H and O–H groups in total. The number of aryl methyl sites for hydroxylation is 1. The van der Waals surface area contributed by atoms with E-state index in [0.717, 1.165) is 80.4 Å². The molecule has 0 atom stereocenters. The summed E-state index contributed by atoms with van der Waals surface area (Å²) in [7, 11) is 6.61. The van der Waals surface area contributed by atoms with Gasteiger partial charge in [0, 0.05) is 25.4 Å². The highest BCUT2D eigenvalue weighted by Crippen LogP contribution is 2.31. The molecule has 7 nitrogen and oxygen atoms in total.